The first-order chi connectivity index (χ1) is 8.06. The number of rotatable bonds is 2. The molecule has 2 rings (SSSR count). The molecular formula is C12H12N2O3. The predicted octanol–water partition coefficient (Wildman–Crippen LogP) is 2.25. The van der Waals surface area contributed by atoms with Gasteiger partial charge in [-0.3, -0.25) is 4.79 Å². The molecular weight excluding hydrogens is 220 g/mol. The zero-order chi connectivity index (χ0) is 12.4. The van der Waals surface area contributed by atoms with Crippen LogP contribution in [0, 0.1) is 13.8 Å². The predicted molar refractivity (Wildman–Crippen MR) is 62.0 cm³/mol. The first-order valence-electron chi connectivity index (χ1n) is 5.10. The second-order valence-electron chi connectivity index (χ2n) is 3.79. The average Bonchev–Trinajstić information content (AvgIpc) is 2.70. The summed E-state index contributed by atoms with van der Waals surface area (Å²) in [5, 5.41) is 15.6. The van der Waals surface area contributed by atoms with Gasteiger partial charge in [-0.25, -0.2) is 0 Å². The molecule has 0 radical (unpaired) electrons. The second kappa shape index (κ2) is 4.29. The molecule has 2 N–H and O–H groups in total. The van der Waals surface area contributed by atoms with E-state index in [0.29, 0.717) is 16.9 Å². The summed E-state index contributed by atoms with van der Waals surface area (Å²) in [5.41, 5.74) is 1.94. The number of aromatic hydroxyl groups is 1. The number of hydrogen-bond donors (Lipinski definition) is 2. The number of phenolic OH excluding ortho intramolecular Hbond substituents is 1. The highest BCUT2D eigenvalue weighted by molar-refractivity contribution is 6.02. The summed E-state index contributed by atoms with van der Waals surface area (Å²) in [7, 11) is 0. The Bertz CT molecular complexity index is 561. The lowest BCUT2D eigenvalue weighted by molar-refractivity contribution is 0.0988. The van der Waals surface area contributed by atoms with Crippen LogP contribution in [0.3, 0.4) is 0 Å². The number of carbonyl (C=O) groups excluding carboxylic acids is 1. The second-order valence-corrected chi connectivity index (χ2v) is 3.79. The maximum Gasteiger partial charge on any atom is 0.294 e. The summed E-state index contributed by atoms with van der Waals surface area (Å²) in [6, 6.07) is 6.37. The van der Waals surface area contributed by atoms with Gasteiger partial charge < -0.3 is 14.9 Å². The van der Waals surface area contributed by atoms with Crippen LogP contribution in [0.15, 0.2) is 28.8 Å². The van der Waals surface area contributed by atoms with Crippen molar-refractivity contribution in [2.75, 3.05) is 5.32 Å². The SMILES string of the molecule is Cc1cc(C(=O)Nc2ccc(O)c(C)c2)on1. The highest BCUT2D eigenvalue weighted by Gasteiger charge is 2.11. The number of nitrogens with zero attached hydrogens (tertiary/aromatic N) is 1. The van der Waals surface area contributed by atoms with Crippen LogP contribution in [0.4, 0.5) is 5.69 Å². The molecule has 1 heterocycles. The average molecular weight is 232 g/mol. The van der Waals surface area contributed by atoms with Crippen LogP contribution in [0.25, 0.3) is 0 Å². The molecule has 0 aliphatic rings. The molecule has 0 aliphatic carbocycles. The van der Waals surface area contributed by atoms with Crippen LogP contribution in [-0.2, 0) is 0 Å². The zero-order valence-corrected chi connectivity index (χ0v) is 9.52. The lowest BCUT2D eigenvalue weighted by Gasteiger charge is -2.04. The minimum Gasteiger partial charge on any atom is -0.508 e. The fourth-order valence-corrected chi connectivity index (χ4v) is 1.40. The van der Waals surface area contributed by atoms with Gasteiger partial charge in [-0.1, -0.05) is 5.16 Å². The van der Waals surface area contributed by atoms with E-state index < -0.39 is 0 Å². The van der Waals surface area contributed by atoms with Crippen molar-refractivity contribution in [1.82, 2.24) is 5.16 Å². The Labute approximate surface area is 98.1 Å². The Kier molecular flexibility index (Phi) is 2.82. The van der Waals surface area contributed by atoms with Gasteiger partial charge >= 0.3 is 0 Å². The number of aryl methyl sites for hydroxylation is 2. The summed E-state index contributed by atoms with van der Waals surface area (Å²) in [5.74, 6) is -0.0116. The van der Waals surface area contributed by atoms with Gasteiger partial charge in [-0.2, -0.15) is 0 Å². The summed E-state index contributed by atoms with van der Waals surface area (Å²) in [4.78, 5) is 11.7. The fourth-order valence-electron chi connectivity index (χ4n) is 1.40. The summed E-state index contributed by atoms with van der Waals surface area (Å²) < 4.78 is 4.84. The van der Waals surface area contributed by atoms with Crippen LogP contribution in [0.5, 0.6) is 5.75 Å². The van der Waals surface area contributed by atoms with Gasteiger partial charge in [-0.15, -0.1) is 0 Å². The smallest absolute Gasteiger partial charge is 0.294 e. The minimum atomic E-state index is -0.365. The van der Waals surface area contributed by atoms with E-state index in [1.807, 2.05) is 0 Å². The number of nitrogens with one attached hydrogen (secondary N) is 1. The highest BCUT2D eigenvalue weighted by atomic mass is 16.5. The molecule has 0 bridgehead atoms. The van der Waals surface area contributed by atoms with E-state index in [2.05, 4.69) is 10.5 Å². The van der Waals surface area contributed by atoms with E-state index in [1.54, 1.807) is 32.0 Å². The Hall–Kier alpha value is -2.30. The van der Waals surface area contributed by atoms with E-state index in [9.17, 15) is 9.90 Å². The van der Waals surface area contributed by atoms with E-state index in [4.69, 9.17) is 4.52 Å². The van der Waals surface area contributed by atoms with Crippen LogP contribution < -0.4 is 5.32 Å². The van der Waals surface area contributed by atoms with Gasteiger partial charge in [0.15, 0.2) is 0 Å². The van der Waals surface area contributed by atoms with Gasteiger partial charge in [0.1, 0.15) is 5.75 Å². The third kappa shape index (κ3) is 2.44. The molecule has 5 nitrogen and oxygen atoms in total. The summed E-state index contributed by atoms with van der Waals surface area (Å²) in [6.45, 7) is 3.49. The van der Waals surface area contributed by atoms with Crippen molar-refractivity contribution in [3.8, 4) is 5.75 Å². The topological polar surface area (TPSA) is 75.4 Å². The first-order valence-corrected chi connectivity index (χ1v) is 5.10. The third-order valence-electron chi connectivity index (χ3n) is 2.31. The van der Waals surface area contributed by atoms with E-state index >= 15 is 0 Å². The number of aromatic nitrogens is 1. The Morgan fingerprint density at radius 2 is 2.12 bits per heavy atom. The third-order valence-corrected chi connectivity index (χ3v) is 2.31. The standard InChI is InChI=1S/C12H12N2O3/c1-7-5-9(3-4-10(7)15)13-12(16)11-6-8(2)14-17-11/h3-6,15H,1-2H3,(H,13,16). The van der Waals surface area contributed by atoms with E-state index in [1.165, 1.54) is 6.07 Å². The molecule has 5 heteroatoms. The molecule has 0 saturated heterocycles. The molecule has 1 aromatic carbocycles. The van der Waals surface area contributed by atoms with Crippen molar-refractivity contribution < 1.29 is 14.4 Å². The Balaban J connectivity index is 2.15. The van der Waals surface area contributed by atoms with E-state index in [0.717, 1.165) is 0 Å². The molecule has 88 valence electrons. The van der Waals surface area contributed by atoms with Crippen molar-refractivity contribution >= 4 is 11.6 Å². The normalized spacial score (nSPS) is 10.2. The van der Waals surface area contributed by atoms with Crippen molar-refractivity contribution in [2.24, 2.45) is 0 Å². The highest BCUT2D eigenvalue weighted by Crippen LogP contribution is 2.20. The minimum absolute atomic E-state index is 0.160. The molecule has 0 saturated carbocycles. The Morgan fingerprint density at radius 3 is 2.71 bits per heavy atom. The molecule has 0 unspecified atom stereocenters. The maximum atomic E-state index is 11.7. The number of amides is 1. The summed E-state index contributed by atoms with van der Waals surface area (Å²) in [6.07, 6.45) is 0. The van der Waals surface area contributed by atoms with E-state index in [-0.39, 0.29) is 17.4 Å². The van der Waals surface area contributed by atoms with Crippen LogP contribution in [0.2, 0.25) is 0 Å². The molecule has 1 aromatic heterocycles. The molecule has 0 fully saturated rings. The Morgan fingerprint density at radius 1 is 1.35 bits per heavy atom. The number of carbonyl (C=O) groups is 1. The van der Waals surface area contributed by atoms with Crippen LogP contribution >= 0.6 is 0 Å². The monoisotopic (exact) mass is 232 g/mol. The lowest BCUT2D eigenvalue weighted by atomic mass is 10.2. The molecule has 2 aromatic rings. The molecule has 17 heavy (non-hydrogen) atoms. The first kappa shape index (κ1) is 11.2. The number of hydrogen-bond acceptors (Lipinski definition) is 4. The molecule has 0 aliphatic heterocycles. The summed E-state index contributed by atoms with van der Waals surface area (Å²) >= 11 is 0. The molecule has 1 amide bonds. The number of benzene rings is 1. The van der Waals surface area contributed by atoms with Gasteiger partial charge in [0.25, 0.3) is 5.91 Å². The lowest BCUT2D eigenvalue weighted by Crippen LogP contribution is -2.10. The largest absolute Gasteiger partial charge is 0.508 e. The van der Waals surface area contributed by atoms with Crippen molar-refractivity contribution in [3.63, 3.8) is 0 Å². The van der Waals surface area contributed by atoms with Crippen LogP contribution in [-0.4, -0.2) is 16.2 Å². The van der Waals surface area contributed by atoms with Crippen molar-refractivity contribution in [1.29, 1.82) is 0 Å². The number of phenols is 1. The van der Waals surface area contributed by atoms with Crippen molar-refractivity contribution in [2.45, 2.75) is 13.8 Å². The maximum absolute atomic E-state index is 11.7. The van der Waals surface area contributed by atoms with Gasteiger partial charge in [-0.05, 0) is 37.6 Å². The molecule has 0 spiro atoms. The fraction of sp³-hybridized carbons (Fsp3) is 0.167. The zero-order valence-electron chi connectivity index (χ0n) is 9.52. The molecule has 0 atom stereocenters. The quantitative estimate of drug-likeness (QED) is 0.778. The van der Waals surface area contributed by atoms with Gasteiger partial charge in [0.2, 0.25) is 5.76 Å². The number of anilines is 1. The van der Waals surface area contributed by atoms with Crippen molar-refractivity contribution in [3.05, 3.63) is 41.3 Å². The van der Waals surface area contributed by atoms with Gasteiger partial charge in [0, 0.05) is 11.8 Å². The van der Waals surface area contributed by atoms with Gasteiger partial charge in [0.05, 0.1) is 5.69 Å². The van der Waals surface area contributed by atoms with Crippen LogP contribution in [0.1, 0.15) is 21.8 Å².